The van der Waals surface area contributed by atoms with Gasteiger partial charge in [0, 0.05) is 19.1 Å². The predicted octanol–water partition coefficient (Wildman–Crippen LogP) is 4.10. The molecule has 1 aromatic carbocycles. The smallest absolute Gasteiger partial charge is 0.420 e. The van der Waals surface area contributed by atoms with Crippen molar-refractivity contribution in [1.29, 1.82) is 0 Å². The van der Waals surface area contributed by atoms with E-state index < -0.39 is 24.5 Å². The minimum atomic E-state index is -4.79. The van der Waals surface area contributed by atoms with Crippen LogP contribution in [0.5, 0.6) is 11.5 Å². The summed E-state index contributed by atoms with van der Waals surface area (Å²) in [5.41, 5.74) is -0.823. The maximum Gasteiger partial charge on any atom is 0.420 e. The largest absolute Gasteiger partial charge is 0.493 e. The standard InChI is InChI=1S/C23H34F3NO4/c1-21(2,3)11-15-12-27-7-6-14-8-20(31-13-22(4,29)23(24,25)26)19(30-5)9-16(14)17(27)10-18(15)28/h8-9,15,17-18,28-29H,6-7,10-13H2,1-5H3/t15-,17-,18-,22?/m1/s1. The first-order chi connectivity index (χ1) is 14.2. The molecule has 1 unspecified atom stereocenters. The Bertz CT molecular complexity index is 788. The molecule has 4 atom stereocenters. The number of alkyl halides is 3. The molecule has 2 aliphatic heterocycles. The zero-order valence-corrected chi connectivity index (χ0v) is 18.9. The number of nitrogens with zero attached hydrogens (tertiary/aromatic N) is 1. The average molecular weight is 446 g/mol. The van der Waals surface area contributed by atoms with Crippen molar-refractivity contribution in [3.05, 3.63) is 23.3 Å². The predicted molar refractivity (Wildman–Crippen MR) is 111 cm³/mol. The molecule has 3 rings (SSSR count). The van der Waals surface area contributed by atoms with E-state index in [-0.39, 0.29) is 23.1 Å². The molecule has 0 amide bonds. The van der Waals surface area contributed by atoms with Crippen LogP contribution in [0.1, 0.15) is 57.7 Å². The summed E-state index contributed by atoms with van der Waals surface area (Å²) in [7, 11) is 1.44. The summed E-state index contributed by atoms with van der Waals surface area (Å²) in [6.07, 6.45) is -2.91. The summed E-state index contributed by atoms with van der Waals surface area (Å²) in [6.45, 7) is 7.94. The second-order valence-electron chi connectivity index (χ2n) is 10.4. The van der Waals surface area contributed by atoms with E-state index in [2.05, 4.69) is 25.7 Å². The highest BCUT2D eigenvalue weighted by molar-refractivity contribution is 5.49. The lowest BCUT2D eigenvalue weighted by Gasteiger charge is -2.47. The quantitative estimate of drug-likeness (QED) is 0.715. The number of aliphatic hydroxyl groups excluding tert-OH is 1. The zero-order chi connectivity index (χ0) is 23.2. The van der Waals surface area contributed by atoms with E-state index in [1.807, 2.05) is 0 Å². The molecule has 1 saturated heterocycles. The Kier molecular flexibility index (Phi) is 6.58. The average Bonchev–Trinajstić information content (AvgIpc) is 2.64. The second-order valence-corrected chi connectivity index (χ2v) is 10.4. The number of benzene rings is 1. The number of fused-ring (bicyclic) bond motifs is 3. The number of piperidine rings is 1. The van der Waals surface area contributed by atoms with Crippen molar-refractivity contribution in [2.45, 2.75) is 70.9 Å². The van der Waals surface area contributed by atoms with Crippen molar-refractivity contribution in [3.8, 4) is 11.5 Å². The maximum atomic E-state index is 13.0. The number of hydrogen-bond donors (Lipinski definition) is 2. The maximum absolute atomic E-state index is 13.0. The second kappa shape index (κ2) is 8.45. The fraction of sp³-hybridized carbons (Fsp3) is 0.739. The molecule has 0 spiro atoms. The van der Waals surface area contributed by atoms with Gasteiger partial charge in [-0.25, -0.2) is 0 Å². The van der Waals surface area contributed by atoms with Crippen molar-refractivity contribution >= 4 is 0 Å². The molecule has 5 nitrogen and oxygen atoms in total. The summed E-state index contributed by atoms with van der Waals surface area (Å²) in [4.78, 5) is 2.39. The molecule has 0 aromatic heterocycles. The van der Waals surface area contributed by atoms with Gasteiger partial charge in [-0.15, -0.1) is 0 Å². The van der Waals surface area contributed by atoms with E-state index in [1.165, 1.54) is 7.11 Å². The first-order valence-electron chi connectivity index (χ1n) is 10.8. The third-order valence-corrected chi connectivity index (χ3v) is 6.37. The Labute approximate surface area is 182 Å². The van der Waals surface area contributed by atoms with Crippen LogP contribution in [-0.2, 0) is 6.42 Å². The topological polar surface area (TPSA) is 62.2 Å². The van der Waals surface area contributed by atoms with Crippen LogP contribution in [0.3, 0.4) is 0 Å². The summed E-state index contributed by atoms with van der Waals surface area (Å²) in [6, 6.07) is 3.56. The molecule has 31 heavy (non-hydrogen) atoms. The van der Waals surface area contributed by atoms with Crippen LogP contribution < -0.4 is 9.47 Å². The minimum Gasteiger partial charge on any atom is -0.493 e. The fourth-order valence-electron chi connectivity index (χ4n) is 4.66. The summed E-state index contributed by atoms with van der Waals surface area (Å²) >= 11 is 0. The Hall–Kier alpha value is -1.51. The highest BCUT2D eigenvalue weighted by Gasteiger charge is 2.51. The lowest BCUT2D eigenvalue weighted by molar-refractivity contribution is -0.260. The molecule has 2 heterocycles. The lowest BCUT2D eigenvalue weighted by Crippen LogP contribution is -2.48. The van der Waals surface area contributed by atoms with E-state index in [0.717, 1.165) is 37.1 Å². The van der Waals surface area contributed by atoms with E-state index in [0.29, 0.717) is 19.1 Å². The molecular formula is C23H34F3NO4. The molecular weight excluding hydrogens is 411 g/mol. The number of methoxy groups -OCH3 is 1. The van der Waals surface area contributed by atoms with E-state index in [1.54, 1.807) is 12.1 Å². The van der Waals surface area contributed by atoms with Gasteiger partial charge in [-0.2, -0.15) is 13.2 Å². The van der Waals surface area contributed by atoms with Gasteiger partial charge in [-0.3, -0.25) is 4.90 Å². The van der Waals surface area contributed by atoms with Crippen molar-refractivity contribution in [1.82, 2.24) is 4.90 Å². The molecule has 1 fully saturated rings. The van der Waals surface area contributed by atoms with Crippen LogP contribution in [0.2, 0.25) is 0 Å². The van der Waals surface area contributed by atoms with Gasteiger partial charge in [0.05, 0.1) is 13.2 Å². The summed E-state index contributed by atoms with van der Waals surface area (Å²) in [5, 5.41) is 20.5. The van der Waals surface area contributed by atoms with Gasteiger partial charge < -0.3 is 19.7 Å². The van der Waals surface area contributed by atoms with Crippen molar-refractivity contribution in [2.24, 2.45) is 11.3 Å². The van der Waals surface area contributed by atoms with Crippen molar-refractivity contribution in [2.75, 3.05) is 26.8 Å². The number of halogens is 3. The van der Waals surface area contributed by atoms with Crippen LogP contribution in [0.15, 0.2) is 12.1 Å². The van der Waals surface area contributed by atoms with Crippen LogP contribution in [0, 0.1) is 11.3 Å². The van der Waals surface area contributed by atoms with Crippen LogP contribution in [0.25, 0.3) is 0 Å². The Morgan fingerprint density at radius 2 is 1.81 bits per heavy atom. The van der Waals surface area contributed by atoms with Gasteiger partial charge in [-0.05, 0) is 60.8 Å². The van der Waals surface area contributed by atoms with Gasteiger partial charge in [0.1, 0.15) is 6.61 Å². The van der Waals surface area contributed by atoms with Crippen molar-refractivity contribution in [3.63, 3.8) is 0 Å². The number of ether oxygens (including phenoxy) is 2. The Morgan fingerprint density at radius 3 is 2.39 bits per heavy atom. The molecule has 8 heteroatoms. The summed E-state index contributed by atoms with van der Waals surface area (Å²) < 4.78 is 49.6. The first-order valence-corrected chi connectivity index (χ1v) is 10.8. The normalized spacial score (nSPS) is 26.6. The molecule has 176 valence electrons. The molecule has 2 N–H and O–H groups in total. The number of aliphatic hydroxyl groups is 2. The molecule has 0 radical (unpaired) electrons. The van der Waals surface area contributed by atoms with E-state index in [4.69, 9.17) is 9.47 Å². The van der Waals surface area contributed by atoms with Crippen molar-refractivity contribution < 1.29 is 32.9 Å². The molecule has 0 saturated carbocycles. The van der Waals surface area contributed by atoms with E-state index >= 15 is 0 Å². The van der Waals surface area contributed by atoms with Gasteiger partial charge in [0.25, 0.3) is 0 Å². The third-order valence-electron chi connectivity index (χ3n) is 6.37. The highest BCUT2D eigenvalue weighted by Crippen LogP contribution is 2.44. The molecule has 0 bridgehead atoms. The van der Waals surface area contributed by atoms with Crippen LogP contribution in [-0.4, -0.2) is 59.8 Å². The third kappa shape index (κ3) is 5.29. The summed E-state index contributed by atoms with van der Waals surface area (Å²) in [5.74, 6) is 0.720. The van der Waals surface area contributed by atoms with Gasteiger partial charge >= 0.3 is 6.18 Å². The highest BCUT2D eigenvalue weighted by atomic mass is 19.4. The Morgan fingerprint density at radius 1 is 1.13 bits per heavy atom. The first kappa shape index (κ1) is 24.1. The van der Waals surface area contributed by atoms with Crippen LogP contribution in [0.4, 0.5) is 13.2 Å². The monoisotopic (exact) mass is 445 g/mol. The fourth-order valence-corrected chi connectivity index (χ4v) is 4.66. The van der Waals surface area contributed by atoms with Gasteiger partial charge in [0.15, 0.2) is 17.1 Å². The molecule has 1 aromatic rings. The minimum absolute atomic E-state index is 0.0381. The number of hydrogen-bond acceptors (Lipinski definition) is 5. The molecule has 2 aliphatic rings. The zero-order valence-electron chi connectivity index (χ0n) is 18.9. The lowest BCUT2D eigenvalue weighted by atomic mass is 9.75. The Balaban J connectivity index is 1.81. The van der Waals surface area contributed by atoms with Gasteiger partial charge in [-0.1, -0.05) is 20.8 Å². The van der Waals surface area contributed by atoms with E-state index in [9.17, 15) is 23.4 Å². The van der Waals surface area contributed by atoms with Crippen LogP contribution >= 0.6 is 0 Å². The van der Waals surface area contributed by atoms with Gasteiger partial charge in [0.2, 0.25) is 0 Å². The number of rotatable bonds is 5. The SMILES string of the molecule is COc1cc2c(cc1OCC(C)(O)C(F)(F)F)CCN1C[C@@H](CC(C)(C)C)[C@H](O)C[C@H]21. The molecule has 0 aliphatic carbocycles.